The molecule has 0 aromatic heterocycles. The number of halogens is 3. The van der Waals surface area contributed by atoms with Gasteiger partial charge in [-0.3, -0.25) is 0 Å². The number of hydrogen-bond donors (Lipinski definition) is 0. The summed E-state index contributed by atoms with van der Waals surface area (Å²) in [6.45, 7) is 2.91. The molecule has 4 saturated carbocycles. The first-order valence-corrected chi connectivity index (χ1v) is 15.6. The molecule has 4 bridgehead atoms. The maximum Gasteiger partial charge on any atom is 0.416 e. The summed E-state index contributed by atoms with van der Waals surface area (Å²) in [6, 6.07) is 11.9. The molecule has 226 valence electrons. The number of hydrogen-bond acceptors (Lipinski definition) is 3. The van der Waals surface area contributed by atoms with Crippen LogP contribution in [0.5, 0.6) is 5.75 Å². The van der Waals surface area contributed by atoms with E-state index in [4.69, 9.17) is 9.47 Å². The second-order valence-corrected chi connectivity index (χ2v) is 12.7. The standard InChI is InChI=1S/C36H43F3O3/c1-3-4-5-16-42-33-20-25(12-14-32(33)35-22-26-17-27(23-35)19-28(18-26)24-35)8-6-9-29(13-15-34(40)41-2)30-10-7-11-31(21-30)36(37,38)39/h7,9-15,20-21,26-28H,3-6,8,16-19,22-24H2,1-2H3. The van der Waals surface area contributed by atoms with Crippen molar-refractivity contribution in [3.63, 3.8) is 0 Å². The smallest absolute Gasteiger partial charge is 0.416 e. The number of benzene rings is 2. The van der Waals surface area contributed by atoms with Crippen LogP contribution in [0.1, 0.15) is 93.4 Å². The van der Waals surface area contributed by atoms with Crippen molar-refractivity contribution >= 4 is 11.5 Å². The number of alkyl halides is 3. The Labute approximate surface area is 248 Å². The third-order valence-corrected chi connectivity index (χ3v) is 9.58. The number of ether oxygens (including phenoxy) is 2. The SMILES string of the molecule is CCCCCOc1cc(CCC=C(C=CC(=O)OC)c2cccc(C(F)(F)F)c2)ccc1C12CC3CC(CC(C3)C1)C2. The van der Waals surface area contributed by atoms with Gasteiger partial charge in [0.1, 0.15) is 5.75 Å². The number of aryl methyl sites for hydroxylation is 1. The van der Waals surface area contributed by atoms with Gasteiger partial charge in [-0.05, 0) is 122 Å². The van der Waals surface area contributed by atoms with Gasteiger partial charge >= 0.3 is 12.1 Å². The van der Waals surface area contributed by atoms with Crippen molar-refractivity contribution in [2.45, 2.75) is 89.1 Å². The van der Waals surface area contributed by atoms with Crippen molar-refractivity contribution in [2.24, 2.45) is 17.8 Å². The van der Waals surface area contributed by atoms with Crippen LogP contribution in [0.4, 0.5) is 13.2 Å². The zero-order valence-electron chi connectivity index (χ0n) is 24.8. The summed E-state index contributed by atoms with van der Waals surface area (Å²) in [5.74, 6) is 3.01. The molecule has 0 unspecified atom stereocenters. The lowest BCUT2D eigenvalue weighted by atomic mass is 9.48. The van der Waals surface area contributed by atoms with Crippen LogP contribution in [-0.2, 0) is 27.5 Å². The van der Waals surface area contributed by atoms with Gasteiger partial charge in [-0.25, -0.2) is 4.79 Å². The maximum absolute atomic E-state index is 13.4. The molecule has 4 fully saturated rings. The van der Waals surface area contributed by atoms with E-state index >= 15 is 0 Å². The fraction of sp³-hybridized carbons (Fsp3) is 0.528. The molecule has 2 aromatic rings. The van der Waals surface area contributed by atoms with Gasteiger partial charge in [0.2, 0.25) is 0 Å². The van der Waals surface area contributed by atoms with Gasteiger partial charge in [0.25, 0.3) is 0 Å². The molecular formula is C36H43F3O3. The van der Waals surface area contributed by atoms with E-state index in [9.17, 15) is 18.0 Å². The van der Waals surface area contributed by atoms with E-state index in [1.165, 1.54) is 69.4 Å². The molecule has 0 aliphatic heterocycles. The molecule has 0 N–H and O–H groups in total. The second kappa shape index (κ2) is 13.1. The zero-order chi connectivity index (χ0) is 29.7. The Hall–Kier alpha value is -3.02. The van der Waals surface area contributed by atoms with E-state index in [1.54, 1.807) is 6.07 Å². The van der Waals surface area contributed by atoms with Crippen LogP contribution in [0, 0.1) is 17.8 Å². The molecule has 3 nitrogen and oxygen atoms in total. The number of esters is 1. The largest absolute Gasteiger partial charge is 0.493 e. The van der Waals surface area contributed by atoms with Gasteiger partial charge < -0.3 is 9.47 Å². The maximum atomic E-state index is 13.4. The van der Waals surface area contributed by atoms with Crippen molar-refractivity contribution in [1.29, 1.82) is 0 Å². The number of carbonyl (C=O) groups excluding carboxylic acids is 1. The first-order chi connectivity index (χ1) is 20.2. The third kappa shape index (κ3) is 7.12. The van der Waals surface area contributed by atoms with Crippen LogP contribution >= 0.6 is 0 Å². The minimum Gasteiger partial charge on any atom is -0.493 e. The van der Waals surface area contributed by atoms with Crippen molar-refractivity contribution in [3.05, 3.63) is 82.9 Å². The highest BCUT2D eigenvalue weighted by Gasteiger charge is 2.52. The molecule has 6 rings (SSSR count). The number of allylic oxidation sites excluding steroid dienone is 3. The molecule has 4 aliphatic carbocycles. The van der Waals surface area contributed by atoms with Crippen molar-refractivity contribution < 1.29 is 27.4 Å². The van der Waals surface area contributed by atoms with Gasteiger partial charge in [-0.15, -0.1) is 0 Å². The summed E-state index contributed by atoms with van der Waals surface area (Å²) < 4.78 is 51.4. The van der Waals surface area contributed by atoms with Crippen LogP contribution in [0.2, 0.25) is 0 Å². The monoisotopic (exact) mass is 580 g/mol. The Morgan fingerprint density at radius 3 is 2.33 bits per heavy atom. The third-order valence-electron chi connectivity index (χ3n) is 9.58. The number of methoxy groups -OCH3 is 1. The molecule has 0 heterocycles. The van der Waals surface area contributed by atoms with Crippen LogP contribution in [-0.4, -0.2) is 19.7 Å². The van der Waals surface area contributed by atoms with Gasteiger partial charge in [0.05, 0.1) is 19.3 Å². The van der Waals surface area contributed by atoms with Crippen molar-refractivity contribution in [2.75, 3.05) is 13.7 Å². The predicted molar refractivity (Wildman–Crippen MR) is 160 cm³/mol. The predicted octanol–water partition coefficient (Wildman–Crippen LogP) is 9.49. The fourth-order valence-electron chi connectivity index (χ4n) is 8.03. The highest BCUT2D eigenvalue weighted by Crippen LogP contribution is 2.62. The molecule has 0 atom stereocenters. The number of carbonyl (C=O) groups is 1. The van der Waals surface area contributed by atoms with Crippen molar-refractivity contribution in [3.8, 4) is 5.75 Å². The quantitative estimate of drug-likeness (QED) is 0.109. The Morgan fingerprint density at radius 2 is 1.69 bits per heavy atom. The molecule has 0 saturated heterocycles. The first kappa shape index (κ1) is 30.4. The van der Waals surface area contributed by atoms with Gasteiger partial charge in [-0.1, -0.05) is 50.1 Å². The van der Waals surface area contributed by atoms with Crippen LogP contribution in [0.15, 0.2) is 60.7 Å². The summed E-state index contributed by atoms with van der Waals surface area (Å²) in [6.07, 6.45) is 12.9. The zero-order valence-corrected chi connectivity index (χ0v) is 24.8. The van der Waals surface area contributed by atoms with E-state index in [-0.39, 0.29) is 5.41 Å². The van der Waals surface area contributed by atoms with Gasteiger partial charge in [-0.2, -0.15) is 13.2 Å². The van der Waals surface area contributed by atoms with E-state index in [1.807, 2.05) is 6.08 Å². The minimum atomic E-state index is -4.45. The Balaban J connectivity index is 1.38. The van der Waals surface area contributed by atoms with Crippen LogP contribution in [0.25, 0.3) is 5.57 Å². The molecule has 2 aromatic carbocycles. The normalized spacial score (nSPS) is 25.3. The topological polar surface area (TPSA) is 35.5 Å². The van der Waals surface area contributed by atoms with Crippen molar-refractivity contribution in [1.82, 2.24) is 0 Å². The Kier molecular flexibility index (Phi) is 9.49. The van der Waals surface area contributed by atoms with Gasteiger partial charge in [0, 0.05) is 11.6 Å². The highest BCUT2D eigenvalue weighted by atomic mass is 19.4. The molecule has 6 heteroatoms. The molecule has 4 aliphatic rings. The summed E-state index contributed by atoms with van der Waals surface area (Å²) in [4.78, 5) is 11.8. The van der Waals surface area contributed by atoms with E-state index in [0.717, 1.165) is 60.5 Å². The van der Waals surface area contributed by atoms with E-state index in [0.29, 0.717) is 30.6 Å². The van der Waals surface area contributed by atoms with E-state index in [2.05, 4.69) is 25.1 Å². The van der Waals surface area contributed by atoms with Crippen LogP contribution in [0.3, 0.4) is 0 Å². The van der Waals surface area contributed by atoms with Gasteiger partial charge in [0.15, 0.2) is 0 Å². The first-order valence-electron chi connectivity index (χ1n) is 15.6. The summed E-state index contributed by atoms with van der Waals surface area (Å²) in [7, 11) is 1.27. The lowest BCUT2D eigenvalue weighted by molar-refractivity contribution is -0.137. The minimum absolute atomic E-state index is 0.239. The summed E-state index contributed by atoms with van der Waals surface area (Å²) >= 11 is 0. The van der Waals surface area contributed by atoms with E-state index < -0.39 is 17.7 Å². The summed E-state index contributed by atoms with van der Waals surface area (Å²) in [5, 5.41) is 0. The molecule has 0 radical (unpaired) electrons. The number of unbranched alkanes of at least 4 members (excludes halogenated alkanes) is 2. The van der Waals surface area contributed by atoms with Crippen LogP contribution < -0.4 is 4.74 Å². The average Bonchev–Trinajstić information content (AvgIpc) is 2.96. The molecular weight excluding hydrogens is 537 g/mol. The molecule has 0 amide bonds. The molecule has 0 spiro atoms. The lowest BCUT2D eigenvalue weighted by Crippen LogP contribution is -2.48. The highest BCUT2D eigenvalue weighted by molar-refractivity contribution is 5.87. The summed E-state index contributed by atoms with van der Waals surface area (Å²) in [5.41, 5.74) is 3.01. The Morgan fingerprint density at radius 1 is 0.976 bits per heavy atom. The lowest BCUT2D eigenvalue weighted by Gasteiger charge is -2.57. The average molecular weight is 581 g/mol. The number of rotatable bonds is 12. The second-order valence-electron chi connectivity index (χ2n) is 12.7. The molecule has 42 heavy (non-hydrogen) atoms. The Bertz CT molecular complexity index is 1270. The fourth-order valence-corrected chi connectivity index (χ4v) is 8.03.